The third kappa shape index (κ3) is 4.03. The highest BCUT2D eigenvalue weighted by Crippen LogP contribution is 2.37. The average molecular weight is 471 g/mol. The number of benzene rings is 2. The van der Waals surface area contributed by atoms with E-state index in [0.717, 1.165) is 47.6 Å². The second-order valence-electron chi connectivity index (χ2n) is 8.44. The van der Waals surface area contributed by atoms with Crippen molar-refractivity contribution >= 4 is 34.1 Å². The molecular formula is C27H26N4O2S. The number of thiophene rings is 1. The number of hydrogen-bond acceptors (Lipinski definition) is 4. The van der Waals surface area contributed by atoms with Crippen molar-refractivity contribution in [3.8, 4) is 5.69 Å². The molecule has 2 heterocycles. The summed E-state index contributed by atoms with van der Waals surface area (Å²) in [6, 6.07) is 18.8. The van der Waals surface area contributed by atoms with Crippen molar-refractivity contribution in [2.75, 3.05) is 5.32 Å². The number of para-hydroxylation sites is 1. The number of nitrogens with zero attached hydrogens (tertiary/aromatic N) is 3. The van der Waals surface area contributed by atoms with Crippen LogP contribution in [0.2, 0.25) is 0 Å². The summed E-state index contributed by atoms with van der Waals surface area (Å²) >= 11 is 1.62. The smallest absolute Gasteiger partial charge is 0.297 e. The summed E-state index contributed by atoms with van der Waals surface area (Å²) in [5, 5.41) is 3.88. The van der Waals surface area contributed by atoms with Crippen molar-refractivity contribution in [2.45, 2.75) is 32.6 Å². The lowest BCUT2D eigenvalue weighted by Crippen LogP contribution is -2.19. The molecule has 0 spiro atoms. The maximum atomic E-state index is 13.3. The van der Waals surface area contributed by atoms with Crippen molar-refractivity contribution in [3.63, 3.8) is 0 Å². The van der Waals surface area contributed by atoms with Crippen LogP contribution >= 0.6 is 11.3 Å². The highest BCUT2D eigenvalue weighted by atomic mass is 32.1. The molecule has 7 heteroatoms. The molecule has 0 saturated heterocycles. The van der Waals surface area contributed by atoms with E-state index in [2.05, 4.69) is 10.3 Å². The largest absolute Gasteiger partial charge is 0.313 e. The fourth-order valence-corrected chi connectivity index (χ4v) is 5.67. The molecule has 0 atom stereocenters. The minimum absolute atomic E-state index is 0.142. The number of carbonyl (C=O) groups is 1. The Morgan fingerprint density at radius 1 is 1.03 bits per heavy atom. The van der Waals surface area contributed by atoms with Crippen molar-refractivity contribution in [1.82, 2.24) is 9.36 Å². The molecule has 6 nitrogen and oxygen atoms in total. The van der Waals surface area contributed by atoms with Gasteiger partial charge in [0.25, 0.3) is 11.5 Å². The first-order valence-corrected chi connectivity index (χ1v) is 12.2. The SMILES string of the molecule is Cc1c(N=Cc2c(NC(=O)c3ccccc3)sc3c2CCCC3)c(=O)n(-c2ccccc2)n1C. The summed E-state index contributed by atoms with van der Waals surface area (Å²) in [7, 11) is 1.86. The number of nitrogens with one attached hydrogen (secondary N) is 1. The molecule has 0 fully saturated rings. The zero-order valence-corrected chi connectivity index (χ0v) is 20.1. The number of hydrogen-bond donors (Lipinski definition) is 1. The predicted molar refractivity (Wildman–Crippen MR) is 138 cm³/mol. The fourth-order valence-electron chi connectivity index (χ4n) is 4.42. The van der Waals surface area contributed by atoms with Crippen molar-refractivity contribution in [1.29, 1.82) is 0 Å². The molecule has 2 aromatic carbocycles. The van der Waals surface area contributed by atoms with Crippen molar-refractivity contribution in [3.05, 3.63) is 98.3 Å². The lowest BCUT2D eigenvalue weighted by atomic mass is 9.96. The lowest BCUT2D eigenvalue weighted by Gasteiger charge is -2.11. The molecule has 0 aliphatic heterocycles. The highest BCUT2D eigenvalue weighted by molar-refractivity contribution is 7.17. The summed E-state index contributed by atoms with van der Waals surface area (Å²) in [5.74, 6) is -0.142. The zero-order chi connectivity index (χ0) is 23.7. The topological polar surface area (TPSA) is 68.4 Å². The van der Waals surface area contributed by atoms with Crippen LogP contribution in [0.25, 0.3) is 5.69 Å². The Kier molecular flexibility index (Phi) is 6.02. The van der Waals surface area contributed by atoms with E-state index in [1.165, 1.54) is 10.4 Å². The normalized spacial score (nSPS) is 13.2. The van der Waals surface area contributed by atoms with Gasteiger partial charge >= 0.3 is 0 Å². The van der Waals surface area contributed by atoms with Gasteiger partial charge in [-0.3, -0.25) is 14.3 Å². The van der Waals surface area contributed by atoms with E-state index in [1.54, 1.807) is 34.4 Å². The second-order valence-corrected chi connectivity index (χ2v) is 9.55. The molecule has 1 aliphatic carbocycles. The molecule has 0 bridgehead atoms. The summed E-state index contributed by atoms with van der Waals surface area (Å²) in [6.07, 6.45) is 5.99. The van der Waals surface area contributed by atoms with E-state index in [1.807, 2.05) is 67.2 Å². The minimum Gasteiger partial charge on any atom is -0.313 e. The highest BCUT2D eigenvalue weighted by Gasteiger charge is 2.22. The molecule has 5 rings (SSSR count). The summed E-state index contributed by atoms with van der Waals surface area (Å²) in [4.78, 5) is 32.1. The van der Waals surface area contributed by atoms with Crippen LogP contribution in [0.1, 0.15) is 44.9 Å². The Morgan fingerprint density at radius 2 is 1.71 bits per heavy atom. The van der Waals surface area contributed by atoms with Crippen molar-refractivity contribution in [2.24, 2.45) is 12.0 Å². The van der Waals surface area contributed by atoms with Gasteiger partial charge in [0.2, 0.25) is 0 Å². The summed E-state index contributed by atoms with van der Waals surface area (Å²) < 4.78 is 3.45. The van der Waals surface area contributed by atoms with Crippen LogP contribution in [0.15, 0.2) is 70.5 Å². The number of rotatable bonds is 5. The van der Waals surface area contributed by atoms with Crippen LogP contribution in [0.5, 0.6) is 0 Å². The van der Waals surface area contributed by atoms with Crippen LogP contribution in [0.3, 0.4) is 0 Å². The van der Waals surface area contributed by atoms with Gasteiger partial charge < -0.3 is 5.32 Å². The predicted octanol–water partition coefficient (Wildman–Crippen LogP) is 5.43. The number of anilines is 1. The summed E-state index contributed by atoms with van der Waals surface area (Å²) in [5.41, 5.74) is 4.58. The molecule has 172 valence electrons. The molecule has 34 heavy (non-hydrogen) atoms. The van der Waals surface area contributed by atoms with E-state index in [0.29, 0.717) is 11.3 Å². The maximum absolute atomic E-state index is 13.3. The molecule has 1 amide bonds. The van der Waals surface area contributed by atoms with Gasteiger partial charge in [-0.05, 0) is 62.4 Å². The van der Waals surface area contributed by atoms with Gasteiger partial charge in [-0.15, -0.1) is 11.3 Å². The van der Waals surface area contributed by atoms with Gasteiger partial charge in [-0.25, -0.2) is 9.67 Å². The first kappa shape index (κ1) is 22.1. The zero-order valence-electron chi connectivity index (χ0n) is 19.2. The monoisotopic (exact) mass is 470 g/mol. The number of carbonyl (C=O) groups excluding carboxylic acids is 1. The van der Waals surface area contributed by atoms with Gasteiger partial charge in [-0.1, -0.05) is 36.4 Å². The third-order valence-electron chi connectivity index (χ3n) is 6.32. The Labute approximate surface area is 202 Å². The van der Waals surface area contributed by atoms with Gasteiger partial charge in [0.05, 0.1) is 11.4 Å². The number of fused-ring (bicyclic) bond motifs is 1. The van der Waals surface area contributed by atoms with Gasteiger partial charge in [0.15, 0.2) is 5.69 Å². The van der Waals surface area contributed by atoms with Gasteiger partial charge in [0, 0.05) is 29.3 Å². The Morgan fingerprint density at radius 3 is 2.44 bits per heavy atom. The Bertz CT molecular complexity index is 1430. The fraction of sp³-hybridized carbons (Fsp3) is 0.222. The summed E-state index contributed by atoms with van der Waals surface area (Å²) in [6.45, 7) is 1.90. The van der Waals surface area contributed by atoms with Crippen LogP contribution < -0.4 is 10.9 Å². The van der Waals surface area contributed by atoms with Gasteiger partial charge in [-0.2, -0.15) is 0 Å². The molecule has 2 aromatic heterocycles. The van der Waals surface area contributed by atoms with Crippen LogP contribution in [0, 0.1) is 6.92 Å². The molecule has 0 saturated carbocycles. The van der Waals surface area contributed by atoms with E-state index in [4.69, 9.17) is 0 Å². The van der Waals surface area contributed by atoms with Crippen LogP contribution in [0.4, 0.5) is 10.7 Å². The van der Waals surface area contributed by atoms with Crippen LogP contribution in [-0.4, -0.2) is 21.5 Å². The van der Waals surface area contributed by atoms with Crippen LogP contribution in [-0.2, 0) is 19.9 Å². The lowest BCUT2D eigenvalue weighted by molar-refractivity contribution is 0.102. The molecule has 1 N–H and O–H groups in total. The maximum Gasteiger partial charge on any atom is 0.297 e. The molecular weight excluding hydrogens is 444 g/mol. The molecule has 0 unspecified atom stereocenters. The van der Waals surface area contributed by atoms with E-state index in [-0.39, 0.29) is 11.5 Å². The van der Waals surface area contributed by atoms with Crippen molar-refractivity contribution < 1.29 is 4.79 Å². The number of aromatic nitrogens is 2. The Balaban J connectivity index is 1.54. The standard InChI is InChI=1S/C27H26N4O2S/c1-18-24(27(33)31(30(18)2)20-13-7-4-8-14-20)28-17-22-21-15-9-10-16-23(21)34-26(22)29-25(32)19-11-5-3-6-12-19/h3-8,11-14,17H,9-10,15-16H2,1-2H3,(H,29,32). The third-order valence-corrected chi connectivity index (χ3v) is 7.54. The van der Waals surface area contributed by atoms with E-state index < -0.39 is 0 Å². The first-order chi connectivity index (χ1) is 16.5. The molecule has 0 radical (unpaired) electrons. The first-order valence-electron chi connectivity index (χ1n) is 11.4. The molecule has 1 aliphatic rings. The van der Waals surface area contributed by atoms with E-state index >= 15 is 0 Å². The Hall–Kier alpha value is -3.71. The minimum atomic E-state index is -0.165. The van der Waals surface area contributed by atoms with Gasteiger partial charge in [0.1, 0.15) is 5.00 Å². The number of amides is 1. The van der Waals surface area contributed by atoms with E-state index in [9.17, 15) is 9.59 Å². The number of aryl methyl sites for hydroxylation is 1. The average Bonchev–Trinajstić information content (AvgIpc) is 3.32. The second kappa shape index (κ2) is 9.27. The molecule has 4 aromatic rings. The number of aliphatic imine (C=N–C) groups is 1. The quantitative estimate of drug-likeness (QED) is 0.395.